The Bertz CT molecular complexity index is 135. The molecule has 0 N–H and O–H groups in total. The Morgan fingerprint density at radius 2 is 1.92 bits per heavy atom. The van der Waals surface area contributed by atoms with Gasteiger partial charge >= 0.3 is 0 Å². The van der Waals surface area contributed by atoms with E-state index in [0.29, 0.717) is 0 Å². The van der Waals surface area contributed by atoms with Crippen LogP contribution in [0.5, 0.6) is 0 Å². The van der Waals surface area contributed by atoms with Crippen molar-refractivity contribution in [2.24, 2.45) is 0 Å². The van der Waals surface area contributed by atoms with Gasteiger partial charge in [0.1, 0.15) is 5.78 Å². The van der Waals surface area contributed by atoms with Crippen LogP contribution in [-0.2, 0) is 4.79 Å². The first-order valence-electron chi connectivity index (χ1n) is 4.55. The molecule has 0 aliphatic rings. The van der Waals surface area contributed by atoms with E-state index in [0.717, 1.165) is 32.1 Å². The summed E-state index contributed by atoms with van der Waals surface area (Å²) >= 11 is 0. The fourth-order valence-corrected chi connectivity index (χ4v) is 0.608. The summed E-state index contributed by atoms with van der Waals surface area (Å²) in [5.74, 6) is 0.289. The summed E-state index contributed by atoms with van der Waals surface area (Å²) in [5, 5.41) is 7.95. The number of carbonyl (C=O) groups excluding carboxylic acids is 1. The van der Waals surface area contributed by atoms with Crippen LogP contribution in [0.1, 0.15) is 52.9 Å². The van der Waals surface area contributed by atoms with Gasteiger partial charge in [-0.05, 0) is 19.8 Å². The Balaban J connectivity index is 0. The fraction of sp³-hybridized carbons (Fsp3) is 0.800. The van der Waals surface area contributed by atoms with E-state index in [2.05, 4.69) is 13.0 Å². The Morgan fingerprint density at radius 3 is 2.00 bits per heavy atom. The lowest BCUT2D eigenvalue weighted by Gasteiger charge is -1.80. The molecule has 0 bridgehead atoms. The zero-order valence-electron chi connectivity index (χ0n) is 8.39. The van der Waals surface area contributed by atoms with Gasteiger partial charge in [0.05, 0.1) is 6.07 Å². The molecule has 0 fully saturated rings. The molecule has 0 atom stereocenters. The number of Topliss-reactive ketones (excluding diaryl/α,β-unsaturated/α-hetero) is 1. The van der Waals surface area contributed by atoms with Gasteiger partial charge in [0.25, 0.3) is 0 Å². The van der Waals surface area contributed by atoms with Crippen LogP contribution in [0.2, 0.25) is 0 Å². The molecular weight excluding hydrogens is 150 g/mol. The lowest BCUT2D eigenvalue weighted by Crippen LogP contribution is -1.84. The minimum absolute atomic E-state index is 0.289. The van der Waals surface area contributed by atoms with Crippen LogP contribution in [0.15, 0.2) is 0 Å². The average Bonchev–Trinajstić information content (AvgIpc) is 2.02. The first-order chi connectivity index (χ1) is 5.68. The third-order valence-electron chi connectivity index (χ3n) is 1.24. The van der Waals surface area contributed by atoms with E-state index >= 15 is 0 Å². The number of ketones is 1. The van der Waals surface area contributed by atoms with Crippen molar-refractivity contribution in [1.29, 1.82) is 5.26 Å². The summed E-state index contributed by atoms with van der Waals surface area (Å²) in [6.07, 6.45) is 4.62. The van der Waals surface area contributed by atoms with E-state index in [-0.39, 0.29) is 5.78 Å². The molecule has 0 aliphatic carbocycles. The normalized spacial score (nSPS) is 7.83. The quantitative estimate of drug-likeness (QED) is 0.607. The lowest BCUT2D eigenvalue weighted by molar-refractivity contribution is -0.117. The highest BCUT2D eigenvalue weighted by Gasteiger charge is 1.83. The maximum Gasteiger partial charge on any atom is 0.129 e. The van der Waals surface area contributed by atoms with Crippen LogP contribution in [0.3, 0.4) is 0 Å². The predicted molar refractivity (Wildman–Crippen MR) is 50.7 cm³/mol. The summed E-state index contributed by atoms with van der Waals surface area (Å²) in [5.41, 5.74) is 0. The second-order valence-corrected chi connectivity index (χ2v) is 2.71. The molecule has 0 aromatic rings. The second-order valence-electron chi connectivity index (χ2n) is 2.71. The number of hydrogen-bond donors (Lipinski definition) is 0. The molecule has 0 radical (unpaired) electrons. The SMILES string of the molecule is CCCC(C)=O.CCCCC#N. The Kier molecular flexibility index (Phi) is 14.6. The Labute approximate surface area is 75.6 Å². The summed E-state index contributed by atoms with van der Waals surface area (Å²) < 4.78 is 0. The smallest absolute Gasteiger partial charge is 0.129 e. The molecule has 0 unspecified atom stereocenters. The van der Waals surface area contributed by atoms with Crippen LogP contribution in [0.25, 0.3) is 0 Å². The summed E-state index contributed by atoms with van der Waals surface area (Å²) in [6.45, 7) is 5.70. The third kappa shape index (κ3) is 22.9. The van der Waals surface area contributed by atoms with Gasteiger partial charge in [-0.2, -0.15) is 5.26 Å². The van der Waals surface area contributed by atoms with Crippen molar-refractivity contribution in [3.63, 3.8) is 0 Å². The van der Waals surface area contributed by atoms with E-state index in [4.69, 9.17) is 5.26 Å². The van der Waals surface area contributed by atoms with Gasteiger partial charge in [-0.1, -0.05) is 20.3 Å². The van der Waals surface area contributed by atoms with Crippen molar-refractivity contribution < 1.29 is 4.79 Å². The molecule has 0 rings (SSSR count). The molecule has 2 nitrogen and oxygen atoms in total. The van der Waals surface area contributed by atoms with Crippen LogP contribution in [-0.4, -0.2) is 5.78 Å². The van der Waals surface area contributed by atoms with Crippen molar-refractivity contribution in [3.8, 4) is 6.07 Å². The Hall–Kier alpha value is -0.840. The largest absolute Gasteiger partial charge is 0.300 e. The molecule has 12 heavy (non-hydrogen) atoms. The zero-order valence-corrected chi connectivity index (χ0v) is 8.39. The standard InChI is InChI=1S/C5H9N.C5H10O/c1-2-3-4-5-6;1-3-4-5(2)6/h2-4H2,1H3;3-4H2,1-2H3. The van der Waals surface area contributed by atoms with Crippen LogP contribution >= 0.6 is 0 Å². The van der Waals surface area contributed by atoms with Crippen LogP contribution in [0.4, 0.5) is 0 Å². The van der Waals surface area contributed by atoms with Crippen LogP contribution in [0, 0.1) is 11.3 Å². The number of hydrogen-bond acceptors (Lipinski definition) is 2. The maximum atomic E-state index is 10.0. The maximum absolute atomic E-state index is 10.0. The molecular formula is C10H19NO. The molecule has 0 aliphatic heterocycles. The van der Waals surface area contributed by atoms with E-state index in [1.54, 1.807) is 6.92 Å². The third-order valence-corrected chi connectivity index (χ3v) is 1.24. The minimum Gasteiger partial charge on any atom is -0.300 e. The first-order valence-corrected chi connectivity index (χ1v) is 4.55. The molecule has 0 amide bonds. The van der Waals surface area contributed by atoms with E-state index in [9.17, 15) is 4.79 Å². The minimum atomic E-state index is 0.289. The highest BCUT2D eigenvalue weighted by Crippen LogP contribution is 1.88. The Morgan fingerprint density at radius 1 is 1.33 bits per heavy atom. The number of unbranched alkanes of at least 4 members (excludes halogenated alkanes) is 2. The van der Waals surface area contributed by atoms with Gasteiger partial charge in [-0.15, -0.1) is 0 Å². The van der Waals surface area contributed by atoms with Crippen LogP contribution < -0.4 is 0 Å². The number of nitrogens with zero attached hydrogens (tertiary/aromatic N) is 1. The first kappa shape index (κ1) is 13.7. The predicted octanol–water partition coefficient (Wildman–Crippen LogP) is 3.08. The van der Waals surface area contributed by atoms with Gasteiger partial charge in [-0.3, -0.25) is 0 Å². The summed E-state index contributed by atoms with van der Waals surface area (Å²) in [7, 11) is 0. The van der Waals surface area contributed by atoms with Crippen molar-refractivity contribution in [2.45, 2.75) is 52.9 Å². The molecule has 0 saturated carbocycles. The molecule has 70 valence electrons. The molecule has 0 saturated heterocycles. The average molecular weight is 169 g/mol. The molecule has 2 heteroatoms. The second kappa shape index (κ2) is 12.8. The van der Waals surface area contributed by atoms with Crippen molar-refractivity contribution in [1.82, 2.24) is 0 Å². The summed E-state index contributed by atoms with van der Waals surface area (Å²) in [4.78, 5) is 10.0. The van der Waals surface area contributed by atoms with Gasteiger partial charge in [0.2, 0.25) is 0 Å². The molecule has 0 aromatic carbocycles. The fourth-order valence-electron chi connectivity index (χ4n) is 0.608. The van der Waals surface area contributed by atoms with Gasteiger partial charge in [0, 0.05) is 12.8 Å². The van der Waals surface area contributed by atoms with Crippen molar-refractivity contribution in [2.75, 3.05) is 0 Å². The lowest BCUT2D eigenvalue weighted by atomic mass is 10.3. The van der Waals surface area contributed by atoms with Gasteiger partial charge in [-0.25, -0.2) is 0 Å². The zero-order chi connectivity index (χ0) is 9.82. The van der Waals surface area contributed by atoms with Gasteiger partial charge < -0.3 is 4.79 Å². The van der Waals surface area contributed by atoms with E-state index in [1.807, 2.05) is 6.92 Å². The van der Waals surface area contributed by atoms with Gasteiger partial charge in [0.15, 0.2) is 0 Å². The van der Waals surface area contributed by atoms with Crippen molar-refractivity contribution >= 4 is 5.78 Å². The number of nitriles is 1. The molecule has 0 heterocycles. The highest BCUT2D eigenvalue weighted by molar-refractivity contribution is 5.75. The van der Waals surface area contributed by atoms with E-state index < -0.39 is 0 Å². The molecule has 0 aromatic heterocycles. The number of rotatable bonds is 4. The van der Waals surface area contributed by atoms with E-state index in [1.165, 1.54) is 0 Å². The number of carbonyl (C=O) groups is 1. The molecule has 0 spiro atoms. The highest BCUT2D eigenvalue weighted by atomic mass is 16.1. The summed E-state index contributed by atoms with van der Waals surface area (Å²) in [6, 6.07) is 2.07. The van der Waals surface area contributed by atoms with Crippen molar-refractivity contribution in [3.05, 3.63) is 0 Å². The monoisotopic (exact) mass is 169 g/mol. The topological polar surface area (TPSA) is 40.9 Å².